The Kier molecular flexibility index (Phi) is 5.41. The van der Waals surface area contributed by atoms with Crippen molar-refractivity contribution in [1.82, 2.24) is 0 Å². The van der Waals surface area contributed by atoms with E-state index in [1.54, 1.807) is 12.1 Å². The predicted octanol–water partition coefficient (Wildman–Crippen LogP) is 2.33. The molecule has 0 spiro atoms. The topological polar surface area (TPSA) is 75.7 Å². The van der Waals surface area contributed by atoms with E-state index in [-0.39, 0.29) is 11.2 Å². The normalized spacial score (nSPS) is 16.6. The van der Waals surface area contributed by atoms with Crippen molar-refractivity contribution in [1.29, 1.82) is 0 Å². The lowest BCUT2D eigenvalue weighted by molar-refractivity contribution is -0.331. The van der Waals surface area contributed by atoms with Crippen LogP contribution < -0.4 is 9.84 Å². The minimum atomic E-state index is -4.21. The molecule has 0 aromatic heterocycles. The van der Waals surface area contributed by atoms with Crippen LogP contribution in [0.25, 0.3) is 0 Å². The second-order valence-corrected chi connectivity index (χ2v) is 5.94. The minimum Gasteiger partial charge on any atom is -0.544 e. The third-order valence-corrected chi connectivity index (χ3v) is 4.27. The van der Waals surface area contributed by atoms with Gasteiger partial charge in [0.15, 0.2) is 6.61 Å². The smallest absolute Gasteiger partial charge is 0.338 e. The molecule has 1 aliphatic carbocycles. The number of halogens is 2. The fourth-order valence-electron chi connectivity index (χ4n) is 2.75. The number of rotatable bonds is 7. The van der Waals surface area contributed by atoms with E-state index in [4.69, 9.17) is 4.74 Å². The van der Waals surface area contributed by atoms with Gasteiger partial charge in [-0.15, -0.1) is 0 Å². The third kappa shape index (κ3) is 4.21. The highest BCUT2D eigenvalue weighted by Gasteiger charge is 2.34. The van der Waals surface area contributed by atoms with E-state index in [2.05, 4.69) is 11.7 Å². The van der Waals surface area contributed by atoms with Gasteiger partial charge >= 0.3 is 11.9 Å². The summed E-state index contributed by atoms with van der Waals surface area (Å²) in [5.41, 5.74) is -0.146. The molecule has 0 bridgehead atoms. The van der Waals surface area contributed by atoms with Gasteiger partial charge in [-0.2, -0.15) is 8.78 Å². The Balaban J connectivity index is 1.96. The van der Waals surface area contributed by atoms with Crippen LogP contribution in [0.15, 0.2) is 24.3 Å². The van der Waals surface area contributed by atoms with Crippen LogP contribution in [0.2, 0.25) is 0 Å². The predicted molar refractivity (Wildman–Crippen MR) is 78.8 cm³/mol. The first-order valence-electron chi connectivity index (χ1n) is 7.83. The SMILES string of the molecule is CCC1(Oc2ccc(C(=O)OCC(F)(F)C(=O)[O-])cc2)CCCC1. The van der Waals surface area contributed by atoms with Crippen LogP contribution in [0, 0.1) is 0 Å². The summed E-state index contributed by atoms with van der Waals surface area (Å²) in [4.78, 5) is 21.8. The van der Waals surface area contributed by atoms with Crippen molar-refractivity contribution in [3.8, 4) is 5.75 Å². The molecule has 0 radical (unpaired) electrons. The molecule has 0 unspecified atom stereocenters. The highest BCUT2D eigenvalue weighted by Crippen LogP contribution is 2.36. The van der Waals surface area contributed by atoms with Crippen molar-refractivity contribution in [3.05, 3.63) is 29.8 Å². The zero-order chi connectivity index (χ0) is 17.8. The van der Waals surface area contributed by atoms with Gasteiger partial charge in [0.25, 0.3) is 0 Å². The summed E-state index contributed by atoms with van der Waals surface area (Å²) >= 11 is 0. The average Bonchev–Trinajstić information content (AvgIpc) is 3.02. The number of ether oxygens (including phenoxy) is 2. The number of carbonyl (C=O) groups is 2. The summed E-state index contributed by atoms with van der Waals surface area (Å²) in [5.74, 6) is -7.24. The standard InChI is InChI=1S/C17H20F2O5/c1-2-16(9-3-4-10-16)24-13-7-5-12(6-8-13)14(20)23-11-17(18,19)15(21)22/h5-8H,2-4,9-11H2,1H3,(H,21,22)/p-1. The number of hydrogen-bond acceptors (Lipinski definition) is 5. The second-order valence-electron chi connectivity index (χ2n) is 5.94. The van der Waals surface area contributed by atoms with E-state index in [1.165, 1.54) is 12.1 Å². The molecule has 1 aromatic carbocycles. The van der Waals surface area contributed by atoms with E-state index in [1.807, 2.05) is 0 Å². The van der Waals surface area contributed by atoms with Gasteiger partial charge < -0.3 is 19.4 Å². The van der Waals surface area contributed by atoms with E-state index < -0.39 is 24.5 Å². The van der Waals surface area contributed by atoms with Crippen LogP contribution in [0.1, 0.15) is 49.4 Å². The van der Waals surface area contributed by atoms with Crippen molar-refractivity contribution < 1.29 is 33.0 Å². The Morgan fingerprint density at radius 3 is 2.29 bits per heavy atom. The molecule has 7 heteroatoms. The van der Waals surface area contributed by atoms with Crippen LogP contribution in [-0.2, 0) is 9.53 Å². The molecule has 132 valence electrons. The molecular weight excluding hydrogens is 322 g/mol. The second kappa shape index (κ2) is 7.15. The summed E-state index contributed by atoms with van der Waals surface area (Å²) < 4.78 is 36.0. The van der Waals surface area contributed by atoms with Crippen LogP contribution in [-0.4, -0.2) is 30.1 Å². The van der Waals surface area contributed by atoms with Crippen molar-refractivity contribution >= 4 is 11.9 Å². The summed E-state index contributed by atoms with van der Waals surface area (Å²) in [6.45, 7) is 0.500. The molecule has 1 fully saturated rings. The molecule has 5 nitrogen and oxygen atoms in total. The number of alkyl halides is 2. The maximum absolute atomic E-state index is 12.8. The van der Waals surface area contributed by atoms with E-state index in [9.17, 15) is 23.5 Å². The fraction of sp³-hybridized carbons (Fsp3) is 0.529. The minimum absolute atomic E-state index is 0.0356. The molecular formula is C17H19F2O5-. The Bertz CT molecular complexity index is 592. The number of carboxylic acids is 1. The highest BCUT2D eigenvalue weighted by molar-refractivity contribution is 5.89. The zero-order valence-electron chi connectivity index (χ0n) is 13.3. The number of esters is 1. The van der Waals surface area contributed by atoms with Gasteiger partial charge in [-0.05, 0) is 56.4 Å². The third-order valence-electron chi connectivity index (χ3n) is 4.27. The van der Waals surface area contributed by atoms with Crippen LogP contribution in [0.3, 0.4) is 0 Å². The van der Waals surface area contributed by atoms with Crippen LogP contribution in [0.5, 0.6) is 5.75 Å². The summed E-state index contributed by atoms with van der Waals surface area (Å²) in [6.07, 6.45) is 5.07. The van der Waals surface area contributed by atoms with Gasteiger partial charge in [-0.25, -0.2) is 4.79 Å². The Morgan fingerprint density at radius 2 is 1.79 bits per heavy atom. The monoisotopic (exact) mass is 341 g/mol. The maximum atomic E-state index is 12.8. The highest BCUT2D eigenvalue weighted by atomic mass is 19.3. The lowest BCUT2D eigenvalue weighted by Gasteiger charge is -2.29. The molecule has 0 N–H and O–H groups in total. The van der Waals surface area contributed by atoms with Gasteiger partial charge in [0.05, 0.1) is 5.56 Å². The quantitative estimate of drug-likeness (QED) is 0.712. The maximum Gasteiger partial charge on any atom is 0.338 e. The fourth-order valence-corrected chi connectivity index (χ4v) is 2.75. The number of carbonyl (C=O) groups excluding carboxylic acids is 2. The lowest BCUT2D eigenvalue weighted by atomic mass is 9.99. The number of carboxylic acid groups (broad SMARTS) is 1. The molecule has 0 atom stereocenters. The largest absolute Gasteiger partial charge is 0.544 e. The summed E-state index contributed by atoms with van der Waals surface area (Å²) in [6, 6.07) is 5.94. The first-order valence-corrected chi connectivity index (χ1v) is 7.83. The molecule has 1 saturated carbocycles. The molecule has 0 heterocycles. The summed E-state index contributed by atoms with van der Waals surface area (Å²) in [5, 5.41) is 10.2. The zero-order valence-corrected chi connectivity index (χ0v) is 13.3. The van der Waals surface area contributed by atoms with Crippen molar-refractivity contribution in [3.63, 3.8) is 0 Å². The molecule has 0 amide bonds. The Labute approximate surface area is 138 Å². The van der Waals surface area contributed by atoms with Crippen molar-refractivity contribution in [2.75, 3.05) is 6.61 Å². The first kappa shape index (κ1) is 18.2. The van der Waals surface area contributed by atoms with Gasteiger partial charge in [0.1, 0.15) is 17.3 Å². The molecule has 0 aliphatic heterocycles. The molecule has 2 rings (SSSR count). The average molecular weight is 341 g/mol. The summed E-state index contributed by atoms with van der Waals surface area (Å²) in [7, 11) is 0. The number of aliphatic carboxylic acids is 1. The van der Waals surface area contributed by atoms with E-state index in [0.29, 0.717) is 5.75 Å². The van der Waals surface area contributed by atoms with Crippen molar-refractivity contribution in [2.24, 2.45) is 0 Å². The van der Waals surface area contributed by atoms with Gasteiger partial charge in [-0.3, -0.25) is 0 Å². The first-order chi connectivity index (χ1) is 11.3. The Morgan fingerprint density at radius 1 is 1.21 bits per heavy atom. The van der Waals surface area contributed by atoms with Crippen LogP contribution in [0.4, 0.5) is 8.78 Å². The van der Waals surface area contributed by atoms with Crippen molar-refractivity contribution in [2.45, 2.75) is 50.6 Å². The van der Waals surface area contributed by atoms with E-state index >= 15 is 0 Å². The molecule has 24 heavy (non-hydrogen) atoms. The Hall–Kier alpha value is -2.18. The lowest BCUT2D eigenvalue weighted by Crippen LogP contribution is -2.45. The number of hydrogen-bond donors (Lipinski definition) is 0. The van der Waals surface area contributed by atoms with Crippen LogP contribution >= 0.6 is 0 Å². The van der Waals surface area contributed by atoms with Gasteiger partial charge in [-0.1, -0.05) is 6.92 Å². The molecule has 0 saturated heterocycles. The van der Waals surface area contributed by atoms with Gasteiger partial charge in [0, 0.05) is 0 Å². The number of benzene rings is 1. The van der Waals surface area contributed by atoms with E-state index in [0.717, 1.165) is 32.1 Å². The molecule has 1 aromatic rings. The molecule has 1 aliphatic rings. The van der Waals surface area contributed by atoms with Gasteiger partial charge in [0.2, 0.25) is 0 Å².